The molecule has 9 heteroatoms. The number of benzene rings is 2. The zero-order valence-electron chi connectivity index (χ0n) is 16.0. The summed E-state index contributed by atoms with van der Waals surface area (Å²) in [6, 6.07) is 18.6. The third-order valence-corrected chi connectivity index (χ3v) is 5.58. The van der Waals surface area contributed by atoms with Gasteiger partial charge in [0.15, 0.2) is 0 Å². The van der Waals surface area contributed by atoms with Crippen molar-refractivity contribution in [3.8, 4) is 5.82 Å². The molecule has 2 heterocycles. The van der Waals surface area contributed by atoms with Crippen LogP contribution >= 0.6 is 0 Å². The molecule has 0 fully saturated rings. The quantitative estimate of drug-likeness (QED) is 0.483. The van der Waals surface area contributed by atoms with E-state index in [4.69, 9.17) is 0 Å². The average molecular weight is 420 g/mol. The molecule has 0 atom stereocenters. The number of sulfonamides is 1. The lowest BCUT2D eigenvalue weighted by molar-refractivity contribution is -0.598. The molecule has 8 nitrogen and oxygen atoms in total. The van der Waals surface area contributed by atoms with Gasteiger partial charge in [-0.2, -0.15) is 0 Å². The molecule has 1 amide bonds. The number of nitrogens with one attached hydrogen (secondary N) is 2. The smallest absolute Gasteiger partial charge is 0.326 e. The summed E-state index contributed by atoms with van der Waals surface area (Å²) in [7, 11) is -3.94. The molecule has 0 saturated heterocycles. The zero-order chi connectivity index (χ0) is 21.1. The molecule has 30 heavy (non-hydrogen) atoms. The normalized spacial score (nSPS) is 11.2. The van der Waals surface area contributed by atoms with Gasteiger partial charge in [-0.3, -0.25) is 9.52 Å². The fourth-order valence-electron chi connectivity index (χ4n) is 2.89. The Morgan fingerprint density at radius 3 is 2.13 bits per heavy atom. The van der Waals surface area contributed by atoms with Crippen molar-refractivity contribution in [1.29, 1.82) is 0 Å². The minimum Gasteiger partial charge on any atom is -0.326 e. The summed E-state index contributed by atoms with van der Waals surface area (Å²) in [6.07, 6.45) is 3.53. The molecule has 0 radical (unpaired) electrons. The van der Waals surface area contributed by atoms with Crippen molar-refractivity contribution in [3.63, 3.8) is 0 Å². The van der Waals surface area contributed by atoms with Crippen LogP contribution in [0, 0.1) is 0 Å². The first-order valence-electron chi connectivity index (χ1n) is 9.06. The zero-order valence-corrected chi connectivity index (χ0v) is 16.8. The van der Waals surface area contributed by atoms with Gasteiger partial charge in [0.2, 0.25) is 17.2 Å². The van der Waals surface area contributed by atoms with Crippen LogP contribution in [-0.4, -0.2) is 24.3 Å². The Morgan fingerprint density at radius 2 is 1.50 bits per heavy atom. The summed E-state index contributed by atoms with van der Waals surface area (Å²) in [6.45, 7) is 1.38. The number of hydrogen-bond donors (Lipinski definition) is 2. The second kappa shape index (κ2) is 7.88. The lowest BCUT2D eigenvalue weighted by atomic mass is 10.3. The number of amides is 1. The van der Waals surface area contributed by atoms with E-state index in [2.05, 4.69) is 20.0 Å². The Hall–Kier alpha value is -3.85. The van der Waals surface area contributed by atoms with Crippen LogP contribution in [0.1, 0.15) is 6.92 Å². The fourth-order valence-corrected chi connectivity index (χ4v) is 3.89. The molecule has 0 unspecified atom stereocenters. The first kappa shape index (κ1) is 19.5. The molecular formula is C21H18N5O3S+. The molecule has 150 valence electrons. The Labute approximate surface area is 173 Å². The first-order valence-corrected chi connectivity index (χ1v) is 10.5. The Balaban J connectivity index is 1.76. The topological polar surface area (TPSA) is 105 Å². The Morgan fingerprint density at radius 1 is 0.867 bits per heavy atom. The van der Waals surface area contributed by atoms with Gasteiger partial charge in [-0.1, -0.05) is 18.2 Å². The Kier molecular flexibility index (Phi) is 5.11. The van der Waals surface area contributed by atoms with Gasteiger partial charge < -0.3 is 5.32 Å². The van der Waals surface area contributed by atoms with E-state index in [0.717, 1.165) is 0 Å². The molecule has 0 bridgehead atoms. The number of carbonyl (C=O) groups excluding carboxylic acids is 1. The van der Waals surface area contributed by atoms with Gasteiger partial charge in [0.25, 0.3) is 10.0 Å². The van der Waals surface area contributed by atoms with Crippen LogP contribution in [0.3, 0.4) is 0 Å². The molecule has 0 spiro atoms. The van der Waals surface area contributed by atoms with E-state index >= 15 is 0 Å². The van der Waals surface area contributed by atoms with Gasteiger partial charge in [-0.15, -0.1) is 0 Å². The first-order chi connectivity index (χ1) is 14.4. The van der Waals surface area contributed by atoms with Crippen LogP contribution in [0.4, 0.5) is 11.5 Å². The molecule has 4 rings (SSSR count). The van der Waals surface area contributed by atoms with E-state index < -0.39 is 10.0 Å². The van der Waals surface area contributed by atoms with Gasteiger partial charge >= 0.3 is 5.82 Å². The highest BCUT2D eigenvalue weighted by Gasteiger charge is 2.24. The fraction of sp³-hybridized carbons (Fsp3) is 0.0476. The highest BCUT2D eigenvalue weighted by Crippen LogP contribution is 2.21. The number of fused-ring (bicyclic) bond motifs is 1. The highest BCUT2D eigenvalue weighted by atomic mass is 32.2. The largest absolute Gasteiger partial charge is 0.372 e. The molecule has 0 aliphatic carbocycles. The number of hydrogen-bond acceptors (Lipinski definition) is 5. The summed E-state index contributed by atoms with van der Waals surface area (Å²) in [5, 5.41) is 2.60. The Bertz CT molecular complexity index is 1320. The van der Waals surface area contributed by atoms with Crippen LogP contribution in [-0.2, 0) is 14.8 Å². The maximum absolute atomic E-state index is 13.0. The second-order valence-corrected chi connectivity index (χ2v) is 8.16. The maximum atomic E-state index is 13.0. The third kappa shape index (κ3) is 4.11. The molecule has 4 aromatic rings. The van der Waals surface area contributed by atoms with Crippen LogP contribution in [0.15, 0.2) is 84.0 Å². The van der Waals surface area contributed by atoms with E-state index in [1.54, 1.807) is 23.0 Å². The lowest BCUT2D eigenvalue weighted by Crippen LogP contribution is -2.33. The van der Waals surface area contributed by atoms with Crippen molar-refractivity contribution in [2.75, 3.05) is 10.0 Å². The van der Waals surface area contributed by atoms with Crippen molar-refractivity contribution in [2.24, 2.45) is 0 Å². The van der Waals surface area contributed by atoms with Crippen molar-refractivity contribution in [2.45, 2.75) is 11.8 Å². The summed E-state index contributed by atoms with van der Waals surface area (Å²) in [5.74, 6) is 0.225. The van der Waals surface area contributed by atoms with Crippen molar-refractivity contribution in [3.05, 3.63) is 79.1 Å². The highest BCUT2D eigenvalue weighted by molar-refractivity contribution is 7.92. The van der Waals surface area contributed by atoms with Gasteiger partial charge in [0.05, 0.1) is 17.3 Å². The number of aromatic nitrogens is 3. The third-order valence-electron chi connectivity index (χ3n) is 4.23. The lowest BCUT2D eigenvalue weighted by Gasteiger charge is -2.09. The molecule has 2 N–H and O–H groups in total. The minimum absolute atomic E-state index is 0.0376. The van der Waals surface area contributed by atoms with Gasteiger partial charge in [-0.05, 0) is 53.5 Å². The number of rotatable bonds is 5. The molecular weight excluding hydrogens is 402 g/mol. The minimum atomic E-state index is -3.94. The predicted octanol–water partition coefficient (Wildman–Crippen LogP) is 2.67. The maximum Gasteiger partial charge on any atom is 0.372 e. The van der Waals surface area contributed by atoms with E-state index in [1.165, 1.54) is 31.2 Å². The summed E-state index contributed by atoms with van der Waals surface area (Å²) >= 11 is 0. The van der Waals surface area contributed by atoms with E-state index in [1.807, 2.05) is 36.4 Å². The van der Waals surface area contributed by atoms with Crippen LogP contribution in [0.5, 0.6) is 0 Å². The van der Waals surface area contributed by atoms with E-state index in [-0.39, 0.29) is 16.6 Å². The number of nitrogens with zero attached hydrogens (tertiary/aromatic N) is 3. The standard InChI is InChI=1S/C21H17N5O3S/c1-15(27)22-16-9-11-17(12-10-16)30(28,29)25-20-21(26-13-5-2-6-14-26)24-19-8-4-3-7-18(19)23-20/h2-14H,1H3,(H-,22,23,25,27)/p+1. The summed E-state index contributed by atoms with van der Waals surface area (Å²) in [4.78, 5) is 20.3. The van der Waals surface area contributed by atoms with Gasteiger partial charge in [-0.25, -0.2) is 18.0 Å². The summed E-state index contributed by atoms with van der Waals surface area (Å²) < 4.78 is 30.2. The molecule has 0 aliphatic rings. The van der Waals surface area contributed by atoms with E-state index in [9.17, 15) is 13.2 Å². The summed E-state index contributed by atoms with van der Waals surface area (Å²) in [5.41, 5.74) is 1.72. The molecule has 0 aliphatic heterocycles. The molecule has 0 saturated carbocycles. The van der Waals surface area contributed by atoms with E-state index in [0.29, 0.717) is 22.5 Å². The van der Waals surface area contributed by atoms with Crippen LogP contribution < -0.4 is 14.6 Å². The number of para-hydroxylation sites is 2. The predicted molar refractivity (Wildman–Crippen MR) is 113 cm³/mol. The van der Waals surface area contributed by atoms with Crippen molar-refractivity contribution >= 4 is 38.5 Å². The monoisotopic (exact) mass is 420 g/mol. The molecule has 2 aromatic carbocycles. The number of carbonyl (C=O) groups is 1. The van der Waals surface area contributed by atoms with Crippen LogP contribution in [0.2, 0.25) is 0 Å². The van der Waals surface area contributed by atoms with Gasteiger partial charge in [0.1, 0.15) is 5.52 Å². The molecule has 2 aromatic heterocycles. The van der Waals surface area contributed by atoms with Crippen LogP contribution in [0.25, 0.3) is 16.9 Å². The average Bonchev–Trinajstić information content (AvgIpc) is 2.73. The number of pyridine rings is 1. The second-order valence-electron chi connectivity index (χ2n) is 6.48. The SMILES string of the molecule is CC(=O)Nc1ccc(S(=O)(=O)Nc2nc3ccccc3nc2-[n+]2ccccc2)cc1. The van der Waals surface area contributed by atoms with Crippen molar-refractivity contribution < 1.29 is 17.8 Å². The van der Waals surface area contributed by atoms with Gasteiger partial charge in [0, 0.05) is 12.6 Å². The number of anilines is 2. The van der Waals surface area contributed by atoms with Crippen molar-refractivity contribution in [1.82, 2.24) is 9.97 Å².